The average molecular weight is 301 g/mol. The van der Waals surface area contributed by atoms with E-state index in [1.54, 1.807) is 0 Å². The second-order valence-corrected chi connectivity index (χ2v) is 7.89. The van der Waals surface area contributed by atoms with E-state index in [2.05, 4.69) is 58.7 Å². The van der Waals surface area contributed by atoms with E-state index in [9.17, 15) is 4.79 Å². The van der Waals surface area contributed by atoms with Crippen LogP contribution in [0.5, 0.6) is 0 Å². The number of benzene rings is 1. The molecule has 0 radical (unpaired) electrons. The van der Waals surface area contributed by atoms with Crippen LogP contribution in [0.2, 0.25) is 0 Å². The number of esters is 1. The van der Waals surface area contributed by atoms with Gasteiger partial charge in [0.25, 0.3) is 0 Å². The number of hydrogen-bond donors (Lipinski definition) is 1. The predicted molar refractivity (Wildman–Crippen MR) is 91.7 cm³/mol. The van der Waals surface area contributed by atoms with Gasteiger partial charge in [0.2, 0.25) is 0 Å². The summed E-state index contributed by atoms with van der Waals surface area (Å²) in [5.41, 5.74) is 4.24. The lowest BCUT2D eigenvalue weighted by molar-refractivity contribution is 0.0520. The number of carbonyl (C=O) groups is 1. The molecule has 0 unspecified atom stereocenters. The summed E-state index contributed by atoms with van der Waals surface area (Å²) in [7, 11) is 0. The van der Waals surface area contributed by atoms with Gasteiger partial charge in [0.05, 0.1) is 6.61 Å². The molecule has 2 rings (SSSR count). The molecule has 1 aromatic carbocycles. The van der Waals surface area contributed by atoms with Crippen LogP contribution in [0.15, 0.2) is 18.2 Å². The maximum absolute atomic E-state index is 11.9. The molecule has 1 aromatic heterocycles. The van der Waals surface area contributed by atoms with Crippen LogP contribution in [-0.2, 0) is 15.6 Å². The first-order chi connectivity index (χ1) is 10.0. The molecule has 3 nitrogen and oxygen atoms in total. The summed E-state index contributed by atoms with van der Waals surface area (Å²) in [4.78, 5) is 15.1. The molecule has 0 aliphatic heterocycles. The second-order valence-electron chi connectivity index (χ2n) is 7.89. The highest BCUT2D eigenvalue weighted by molar-refractivity contribution is 5.95. The van der Waals surface area contributed by atoms with Gasteiger partial charge in [-0.3, -0.25) is 0 Å². The van der Waals surface area contributed by atoms with Crippen molar-refractivity contribution >= 4 is 16.9 Å². The van der Waals surface area contributed by atoms with Crippen LogP contribution in [-0.4, -0.2) is 17.6 Å². The number of H-pyrrole nitrogens is 1. The average Bonchev–Trinajstić information content (AvgIpc) is 2.78. The lowest BCUT2D eigenvalue weighted by atomic mass is 9.75. The monoisotopic (exact) mass is 301 g/mol. The lowest BCUT2D eigenvalue weighted by Crippen LogP contribution is -2.21. The second kappa shape index (κ2) is 5.45. The minimum atomic E-state index is -0.298. The number of carbonyl (C=O) groups excluding carboxylic acids is 1. The van der Waals surface area contributed by atoms with Crippen molar-refractivity contribution in [3.63, 3.8) is 0 Å². The number of fused-ring (bicyclic) bond motifs is 1. The Hall–Kier alpha value is -1.77. The van der Waals surface area contributed by atoms with E-state index in [0.29, 0.717) is 12.3 Å². The summed E-state index contributed by atoms with van der Waals surface area (Å²) in [6.07, 6.45) is 0. The van der Waals surface area contributed by atoms with Crippen molar-refractivity contribution in [3.05, 3.63) is 35.0 Å². The van der Waals surface area contributed by atoms with Gasteiger partial charge in [-0.05, 0) is 47.1 Å². The first-order valence-corrected chi connectivity index (χ1v) is 7.89. The Balaban J connectivity index is 2.66. The van der Waals surface area contributed by atoms with Crippen LogP contribution in [0.3, 0.4) is 0 Å². The van der Waals surface area contributed by atoms with E-state index in [0.717, 1.165) is 10.9 Å². The van der Waals surface area contributed by atoms with Gasteiger partial charge in [0.1, 0.15) is 5.69 Å². The third-order valence-corrected chi connectivity index (χ3v) is 3.87. The number of hydrogen-bond acceptors (Lipinski definition) is 2. The summed E-state index contributed by atoms with van der Waals surface area (Å²) in [6.45, 7) is 15.5. The Morgan fingerprint density at radius 1 is 1.00 bits per heavy atom. The molecule has 1 N–H and O–H groups in total. The molecule has 0 spiro atoms. The van der Waals surface area contributed by atoms with E-state index in [1.807, 2.05) is 13.0 Å². The number of aromatic nitrogens is 1. The molecule has 0 saturated heterocycles. The van der Waals surface area contributed by atoms with Crippen molar-refractivity contribution < 1.29 is 9.53 Å². The van der Waals surface area contributed by atoms with E-state index >= 15 is 0 Å². The zero-order chi connectivity index (χ0) is 16.7. The lowest BCUT2D eigenvalue weighted by Gasteiger charge is -2.30. The molecule has 120 valence electrons. The van der Waals surface area contributed by atoms with Crippen LogP contribution >= 0.6 is 0 Å². The van der Waals surface area contributed by atoms with Gasteiger partial charge < -0.3 is 9.72 Å². The van der Waals surface area contributed by atoms with Gasteiger partial charge in [-0.15, -0.1) is 0 Å². The normalized spacial score (nSPS) is 12.7. The third kappa shape index (κ3) is 3.18. The predicted octanol–water partition coefficient (Wildman–Crippen LogP) is 4.94. The SMILES string of the molecule is CCOC(=O)c1cc2cc(C(C)(C)C)c(C(C)(C)C)cc2[nH]1. The molecule has 0 aliphatic rings. The fourth-order valence-corrected chi connectivity index (χ4v) is 2.74. The number of ether oxygens (including phenoxy) is 1. The standard InChI is InChI=1S/C19H27NO2/c1-8-22-17(21)16-10-12-9-13(18(2,3)4)14(19(5,6)7)11-15(12)20-16/h9-11,20H,8H2,1-7H3. The maximum Gasteiger partial charge on any atom is 0.354 e. The summed E-state index contributed by atoms with van der Waals surface area (Å²) in [5.74, 6) is -0.298. The molecule has 2 aromatic rings. The van der Waals surface area contributed by atoms with Crippen LogP contribution in [0.25, 0.3) is 10.9 Å². The highest BCUT2D eigenvalue weighted by Crippen LogP contribution is 2.36. The molecule has 3 heteroatoms. The van der Waals surface area contributed by atoms with Crippen molar-refractivity contribution in [2.75, 3.05) is 6.61 Å². The van der Waals surface area contributed by atoms with Crippen LogP contribution < -0.4 is 0 Å². The van der Waals surface area contributed by atoms with Gasteiger partial charge in [0.15, 0.2) is 0 Å². The molecule has 0 fully saturated rings. The molecule has 0 bridgehead atoms. The van der Waals surface area contributed by atoms with Crippen molar-refractivity contribution in [3.8, 4) is 0 Å². The molecular weight excluding hydrogens is 274 g/mol. The molecular formula is C19H27NO2. The minimum absolute atomic E-state index is 0.0476. The molecule has 0 aliphatic carbocycles. The molecule has 1 heterocycles. The molecule has 0 saturated carbocycles. The quantitative estimate of drug-likeness (QED) is 0.798. The minimum Gasteiger partial charge on any atom is -0.461 e. The molecule has 0 atom stereocenters. The van der Waals surface area contributed by atoms with Crippen molar-refractivity contribution in [1.29, 1.82) is 0 Å². The fourth-order valence-electron chi connectivity index (χ4n) is 2.74. The maximum atomic E-state index is 11.9. The summed E-state index contributed by atoms with van der Waals surface area (Å²) in [6, 6.07) is 6.27. The van der Waals surface area contributed by atoms with Gasteiger partial charge in [-0.25, -0.2) is 4.79 Å². The van der Waals surface area contributed by atoms with E-state index < -0.39 is 0 Å². The van der Waals surface area contributed by atoms with Gasteiger partial charge in [-0.2, -0.15) is 0 Å². The summed E-state index contributed by atoms with van der Waals surface area (Å²) in [5, 5.41) is 1.06. The van der Waals surface area contributed by atoms with Gasteiger partial charge in [-0.1, -0.05) is 41.5 Å². The Labute approximate surface area is 133 Å². The first kappa shape index (κ1) is 16.6. The fraction of sp³-hybridized carbons (Fsp3) is 0.526. The van der Waals surface area contributed by atoms with E-state index in [-0.39, 0.29) is 16.8 Å². The Kier molecular flexibility index (Phi) is 4.12. The summed E-state index contributed by atoms with van der Waals surface area (Å²) >= 11 is 0. The molecule has 0 amide bonds. The van der Waals surface area contributed by atoms with Crippen LogP contribution in [0, 0.1) is 0 Å². The smallest absolute Gasteiger partial charge is 0.354 e. The number of aromatic amines is 1. The van der Waals surface area contributed by atoms with Gasteiger partial charge >= 0.3 is 5.97 Å². The Morgan fingerprint density at radius 3 is 2.05 bits per heavy atom. The third-order valence-electron chi connectivity index (χ3n) is 3.87. The Bertz CT molecular complexity index is 646. The summed E-state index contributed by atoms with van der Waals surface area (Å²) < 4.78 is 5.08. The van der Waals surface area contributed by atoms with E-state index in [4.69, 9.17) is 4.74 Å². The van der Waals surface area contributed by atoms with Crippen molar-refractivity contribution in [1.82, 2.24) is 4.98 Å². The zero-order valence-corrected chi connectivity index (χ0v) is 14.8. The highest BCUT2D eigenvalue weighted by atomic mass is 16.5. The van der Waals surface area contributed by atoms with Crippen LogP contribution in [0.4, 0.5) is 0 Å². The Morgan fingerprint density at radius 2 is 1.55 bits per heavy atom. The topological polar surface area (TPSA) is 42.1 Å². The first-order valence-electron chi connectivity index (χ1n) is 7.89. The van der Waals surface area contributed by atoms with Crippen LogP contribution in [0.1, 0.15) is 70.1 Å². The van der Waals surface area contributed by atoms with Crippen molar-refractivity contribution in [2.45, 2.75) is 59.3 Å². The zero-order valence-electron chi connectivity index (χ0n) is 14.8. The number of rotatable bonds is 2. The van der Waals surface area contributed by atoms with Crippen molar-refractivity contribution in [2.24, 2.45) is 0 Å². The molecule has 22 heavy (non-hydrogen) atoms. The number of nitrogens with one attached hydrogen (secondary N) is 1. The van der Waals surface area contributed by atoms with Gasteiger partial charge in [0, 0.05) is 10.9 Å². The van der Waals surface area contributed by atoms with E-state index in [1.165, 1.54) is 11.1 Å². The largest absolute Gasteiger partial charge is 0.461 e. The highest BCUT2D eigenvalue weighted by Gasteiger charge is 2.26.